The Balaban J connectivity index is 1.60. The molecule has 3 rings (SSSR count). The first-order valence-corrected chi connectivity index (χ1v) is 7.96. The molecule has 0 aliphatic carbocycles. The van der Waals surface area contributed by atoms with Gasteiger partial charge in [-0.1, -0.05) is 18.2 Å². The van der Waals surface area contributed by atoms with Gasteiger partial charge in [-0.15, -0.1) is 0 Å². The van der Waals surface area contributed by atoms with Crippen LogP contribution in [0.15, 0.2) is 30.9 Å². The highest BCUT2D eigenvalue weighted by molar-refractivity contribution is 5.78. The quantitative estimate of drug-likeness (QED) is 0.867. The van der Waals surface area contributed by atoms with Gasteiger partial charge < -0.3 is 9.64 Å². The summed E-state index contributed by atoms with van der Waals surface area (Å²) in [6, 6.07) is 6.19. The molecule has 23 heavy (non-hydrogen) atoms. The molecule has 1 atom stereocenters. The van der Waals surface area contributed by atoms with Crippen molar-refractivity contribution in [2.24, 2.45) is 0 Å². The molecule has 2 heterocycles. The van der Waals surface area contributed by atoms with Crippen LogP contribution in [0.3, 0.4) is 0 Å². The average Bonchev–Trinajstić information content (AvgIpc) is 3.09. The number of para-hydroxylation sites is 1. The van der Waals surface area contributed by atoms with Crippen molar-refractivity contribution in [1.29, 1.82) is 0 Å². The molecule has 0 radical (unpaired) electrons. The van der Waals surface area contributed by atoms with Crippen molar-refractivity contribution in [3.05, 3.63) is 42.0 Å². The van der Waals surface area contributed by atoms with Crippen LogP contribution in [0.5, 0.6) is 5.75 Å². The van der Waals surface area contributed by atoms with Crippen molar-refractivity contribution in [3.63, 3.8) is 0 Å². The molecule has 1 aromatic carbocycles. The third-order valence-electron chi connectivity index (χ3n) is 4.31. The first-order valence-electron chi connectivity index (χ1n) is 7.96. The zero-order chi connectivity index (χ0) is 16.2. The summed E-state index contributed by atoms with van der Waals surface area (Å²) in [6.07, 6.45) is 5.24. The Hall–Kier alpha value is -2.37. The molecule has 1 amide bonds. The second kappa shape index (κ2) is 6.81. The van der Waals surface area contributed by atoms with Gasteiger partial charge in [0.05, 0.1) is 6.04 Å². The lowest BCUT2D eigenvalue weighted by Crippen LogP contribution is -2.43. The maximum Gasteiger partial charge on any atom is 0.260 e. The summed E-state index contributed by atoms with van der Waals surface area (Å²) >= 11 is 0. The van der Waals surface area contributed by atoms with Gasteiger partial charge in [0, 0.05) is 13.1 Å². The van der Waals surface area contributed by atoms with Crippen LogP contribution in [0.2, 0.25) is 0 Å². The highest BCUT2D eigenvalue weighted by Gasteiger charge is 2.25. The van der Waals surface area contributed by atoms with E-state index in [0.29, 0.717) is 6.54 Å². The van der Waals surface area contributed by atoms with Crippen molar-refractivity contribution in [2.75, 3.05) is 19.7 Å². The minimum absolute atomic E-state index is 0.0254. The van der Waals surface area contributed by atoms with Crippen molar-refractivity contribution in [1.82, 2.24) is 19.7 Å². The van der Waals surface area contributed by atoms with E-state index in [1.165, 1.54) is 6.33 Å². The minimum Gasteiger partial charge on any atom is -0.483 e. The zero-order valence-electron chi connectivity index (χ0n) is 13.6. The monoisotopic (exact) mass is 314 g/mol. The first-order chi connectivity index (χ1) is 11.1. The van der Waals surface area contributed by atoms with E-state index >= 15 is 0 Å². The van der Waals surface area contributed by atoms with Crippen molar-refractivity contribution in [3.8, 4) is 5.75 Å². The van der Waals surface area contributed by atoms with Gasteiger partial charge >= 0.3 is 0 Å². The molecule has 2 aromatic rings. The van der Waals surface area contributed by atoms with Gasteiger partial charge in [-0.05, 0) is 37.8 Å². The van der Waals surface area contributed by atoms with Gasteiger partial charge in [-0.2, -0.15) is 5.10 Å². The fraction of sp³-hybridized carbons (Fsp3) is 0.471. The van der Waals surface area contributed by atoms with E-state index in [1.54, 1.807) is 6.33 Å². The number of benzene rings is 1. The Morgan fingerprint density at radius 2 is 2.13 bits per heavy atom. The van der Waals surface area contributed by atoms with Crippen LogP contribution in [-0.2, 0) is 4.79 Å². The van der Waals surface area contributed by atoms with E-state index in [0.717, 1.165) is 36.3 Å². The highest BCUT2D eigenvalue weighted by atomic mass is 16.5. The van der Waals surface area contributed by atoms with Crippen LogP contribution >= 0.6 is 0 Å². The van der Waals surface area contributed by atoms with E-state index in [2.05, 4.69) is 10.1 Å². The third-order valence-corrected chi connectivity index (χ3v) is 4.31. The number of aromatic nitrogens is 3. The van der Waals surface area contributed by atoms with E-state index < -0.39 is 0 Å². The smallest absolute Gasteiger partial charge is 0.260 e. The van der Waals surface area contributed by atoms with Gasteiger partial charge in [-0.25, -0.2) is 9.67 Å². The first kappa shape index (κ1) is 15.5. The lowest BCUT2D eigenvalue weighted by Gasteiger charge is -2.32. The second-order valence-electron chi connectivity index (χ2n) is 6.02. The van der Waals surface area contributed by atoms with Gasteiger partial charge in [-0.3, -0.25) is 4.79 Å². The number of nitrogens with zero attached hydrogens (tertiary/aromatic N) is 4. The molecule has 0 saturated carbocycles. The number of carbonyl (C=O) groups excluding carboxylic acids is 1. The standard InChI is InChI=1S/C17H22N4O2/c1-13-5-3-6-14(2)17(13)23-10-16(22)20-8-4-7-15(9-20)21-12-18-11-19-21/h3,5-6,11-12,15H,4,7-10H2,1-2H3/t15-/m1/s1. The van der Waals surface area contributed by atoms with Gasteiger partial charge in [0.2, 0.25) is 0 Å². The van der Waals surface area contributed by atoms with Gasteiger partial charge in [0.25, 0.3) is 5.91 Å². The molecule has 1 fully saturated rings. The van der Waals surface area contributed by atoms with Crippen LogP contribution < -0.4 is 4.74 Å². The lowest BCUT2D eigenvalue weighted by atomic mass is 10.1. The maximum atomic E-state index is 12.5. The molecule has 1 saturated heterocycles. The molecule has 1 aliphatic rings. The lowest BCUT2D eigenvalue weighted by molar-refractivity contribution is -0.135. The Kier molecular flexibility index (Phi) is 4.60. The molecule has 1 aromatic heterocycles. The third kappa shape index (κ3) is 3.52. The largest absolute Gasteiger partial charge is 0.483 e. The second-order valence-corrected chi connectivity index (χ2v) is 6.02. The van der Waals surface area contributed by atoms with Crippen molar-refractivity contribution >= 4 is 5.91 Å². The molecule has 6 nitrogen and oxygen atoms in total. The number of hydrogen-bond acceptors (Lipinski definition) is 4. The SMILES string of the molecule is Cc1cccc(C)c1OCC(=O)N1CCC[C@@H](n2cncn2)C1. The summed E-state index contributed by atoms with van der Waals surface area (Å²) in [5, 5.41) is 4.19. The predicted molar refractivity (Wildman–Crippen MR) is 86.3 cm³/mol. The minimum atomic E-state index is 0.0254. The van der Waals surface area contributed by atoms with Crippen LogP contribution in [0.25, 0.3) is 0 Å². The van der Waals surface area contributed by atoms with Crippen LogP contribution in [0.4, 0.5) is 0 Å². The zero-order valence-corrected chi connectivity index (χ0v) is 13.6. The average molecular weight is 314 g/mol. The Morgan fingerprint density at radius 1 is 1.35 bits per heavy atom. The maximum absolute atomic E-state index is 12.5. The highest BCUT2D eigenvalue weighted by Crippen LogP contribution is 2.23. The van der Waals surface area contributed by atoms with Crippen LogP contribution in [-0.4, -0.2) is 45.3 Å². The van der Waals surface area contributed by atoms with E-state index in [4.69, 9.17) is 4.74 Å². The number of rotatable bonds is 4. The summed E-state index contributed by atoms with van der Waals surface area (Å²) < 4.78 is 7.62. The summed E-state index contributed by atoms with van der Waals surface area (Å²) in [4.78, 5) is 18.3. The molecular formula is C17H22N4O2. The fourth-order valence-electron chi connectivity index (χ4n) is 3.06. The summed E-state index contributed by atoms with van der Waals surface area (Å²) in [7, 11) is 0. The van der Waals surface area contributed by atoms with Crippen LogP contribution in [0.1, 0.15) is 30.0 Å². The number of amides is 1. The molecular weight excluding hydrogens is 292 g/mol. The van der Waals surface area contributed by atoms with Crippen molar-refractivity contribution < 1.29 is 9.53 Å². The molecule has 6 heteroatoms. The van der Waals surface area contributed by atoms with Gasteiger partial charge in [0.1, 0.15) is 18.4 Å². The number of hydrogen-bond donors (Lipinski definition) is 0. The number of likely N-dealkylation sites (tertiary alicyclic amines) is 1. The predicted octanol–water partition coefficient (Wildman–Crippen LogP) is 2.14. The molecule has 1 aliphatic heterocycles. The molecule has 0 bridgehead atoms. The topological polar surface area (TPSA) is 60.2 Å². The van der Waals surface area contributed by atoms with E-state index in [1.807, 2.05) is 41.6 Å². The van der Waals surface area contributed by atoms with Crippen molar-refractivity contribution in [2.45, 2.75) is 32.7 Å². The molecule has 0 spiro atoms. The van der Waals surface area contributed by atoms with E-state index in [-0.39, 0.29) is 18.6 Å². The number of ether oxygens (including phenoxy) is 1. The summed E-state index contributed by atoms with van der Waals surface area (Å²) in [6.45, 7) is 5.51. The summed E-state index contributed by atoms with van der Waals surface area (Å²) in [5.74, 6) is 0.836. The number of aryl methyl sites for hydroxylation is 2. The number of carbonyl (C=O) groups is 1. The number of piperidine rings is 1. The summed E-state index contributed by atoms with van der Waals surface area (Å²) in [5.41, 5.74) is 2.11. The normalized spacial score (nSPS) is 18.0. The Labute approximate surface area is 136 Å². The molecule has 0 N–H and O–H groups in total. The van der Waals surface area contributed by atoms with Crippen LogP contribution in [0, 0.1) is 13.8 Å². The molecule has 0 unspecified atom stereocenters. The van der Waals surface area contributed by atoms with E-state index in [9.17, 15) is 4.79 Å². The molecule has 122 valence electrons. The van der Waals surface area contributed by atoms with Gasteiger partial charge in [0.15, 0.2) is 6.61 Å². The Bertz CT molecular complexity index is 649. The fourth-order valence-corrected chi connectivity index (χ4v) is 3.06. The Morgan fingerprint density at radius 3 is 2.83 bits per heavy atom.